The van der Waals surface area contributed by atoms with Crippen LogP contribution in [-0.2, 0) is 0 Å². The molecule has 0 rings (SSSR count). The molecule has 0 aromatic rings. The second-order valence-electron chi connectivity index (χ2n) is 3.58. The number of rotatable bonds is 7. The SMILES string of the molecule is C=C/C=C\C(=C/C=C)C(=C)C(/C=C\C)=C/C=C\C. The lowest BCUT2D eigenvalue weighted by Crippen LogP contribution is -1.88. The summed E-state index contributed by atoms with van der Waals surface area (Å²) in [5.41, 5.74) is 3.07. The van der Waals surface area contributed by atoms with Crippen molar-refractivity contribution >= 4 is 0 Å². The van der Waals surface area contributed by atoms with Crippen LogP contribution in [-0.4, -0.2) is 0 Å². The third kappa shape index (κ3) is 5.86. The zero-order valence-electron chi connectivity index (χ0n) is 11.4. The Hall–Kier alpha value is -2.08. The molecule has 0 saturated heterocycles. The molecule has 0 aromatic carbocycles. The lowest BCUT2D eigenvalue weighted by Gasteiger charge is -2.07. The van der Waals surface area contributed by atoms with Gasteiger partial charge < -0.3 is 0 Å². The van der Waals surface area contributed by atoms with Crippen LogP contribution in [0.2, 0.25) is 0 Å². The van der Waals surface area contributed by atoms with E-state index in [0.29, 0.717) is 0 Å². The van der Waals surface area contributed by atoms with Crippen LogP contribution in [0.25, 0.3) is 0 Å². The van der Waals surface area contributed by atoms with Crippen molar-refractivity contribution in [3.63, 3.8) is 0 Å². The third-order valence-electron chi connectivity index (χ3n) is 2.22. The summed E-state index contributed by atoms with van der Waals surface area (Å²) in [7, 11) is 0. The largest absolute Gasteiger partial charge is 0.0991 e. The van der Waals surface area contributed by atoms with E-state index in [4.69, 9.17) is 0 Å². The van der Waals surface area contributed by atoms with E-state index in [1.807, 2.05) is 62.5 Å². The Balaban J connectivity index is 5.38. The van der Waals surface area contributed by atoms with Crippen molar-refractivity contribution < 1.29 is 0 Å². The number of hydrogen-bond donors (Lipinski definition) is 0. The molecular formula is C18H22. The van der Waals surface area contributed by atoms with Gasteiger partial charge in [-0.25, -0.2) is 0 Å². The lowest BCUT2D eigenvalue weighted by molar-refractivity contribution is 1.46. The van der Waals surface area contributed by atoms with Gasteiger partial charge in [-0.2, -0.15) is 0 Å². The molecule has 0 bridgehead atoms. The topological polar surface area (TPSA) is 0 Å². The van der Waals surface area contributed by atoms with E-state index >= 15 is 0 Å². The molecule has 0 saturated carbocycles. The van der Waals surface area contributed by atoms with Gasteiger partial charge in [0.1, 0.15) is 0 Å². The fourth-order valence-corrected chi connectivity index (χ4v) is 1.36. The van der Waals surface area contributed by atoms with E-state index in [2.05, 4.69) is 19.7 Å². The van der Waals surface area contributed by atoms with E-state index in [1.54, 1.807) is 12.2 Å². The minimum Gasteiger partial charge on any atom is -0.0991 e. The van der Waals surface area contributed by atoms with Gasteiger partial charge in [0.25, 0.3) is 0 Å². The predicted molar refractivity (Wildman–Crippen MR) is 84.5 cm³/mol. The molecule has 0 N–H and O–H groups in total. The average molecular weight is 238 g/mol. The summed E-state index contributed by atoms with van der Waals surface area (Å²) in [5.74, 6) is 0. The Bertz CT molecular complexity index is 431. The molecule has 0 heterocycles. The van der Waals surface area contributed by atoms with Crippen molar-refractivity contribution in [2.75, 3.05) is 0 Å². The molecule has 0 unspecified atom stereocenters. The second-order valence-corrected chi connectivity index (χ2v) is 3.58. The number of allylic oxidation sites excluding steroid dienone is 13. The fourth-order valence-electron chi connectivity index (χ4n) is 1.36. The van der Waals surface area contributed by atoms with Crippen LogP contribution >= 0.6 is 0 Å². The van der Waals surface area contributed by atoms with E-state index in [-0.39, 0.29) is 0 Å². The first-order valence-electron chi connectivity index (χ1n) is 5.98. The molecule has 0 spiro atoms. The van der Waals surface area contributed by atoms with Crippen LogP contribution < -0.4 is 0 Å². The van der Waals surface area contributed by atoms with Crippen molar-refractivity contribution in [3.05, 3.63) is 97.2 Å². The molecular weight excluding hydrogens is 216 g/mol. The summed E-state index contributed by atoms with van der Waals surface area (Å²) >= 11 is 0. The van der Waals surface area contributed by atoms with E-state index in [0.717, 1.165) is 16.7 Å². The van der Waals surface area contributed by atoms with Crippen LogP contribution in [0.3, 0.4) is 0 Å². The van der Waals surface area contributed by atoms with Gasteiger partial charge in [0, 0.05) is 0 Å². The molecule has 0 nitrogen and oxygen atoms in total. The molecule has 0 aromatic heterocycles. The van der Waals surface area contributed by atoms with E-state index in [9.17, 15) is 0 Å². The Morgan fingerprint density at radius 3 is 1.94 bits per heavy atom. The summed E-state index contributed by atoms with van der Waals surface area (Å²) in [6, 6.07) is 0. The van der Waals surface area contributed by atoms with Crippen LogP contribution in [0.15, 0.2) is 97.2 Å². The highest BCUT2D eigenvalue weighted by Gasteiger charge is 2.01. The van der Waals surface area contributed by atoms with E-state index in [1.165, 1.54) is 0 Å². The lowest BCUT2D eigenvalue weighted by atomic mass is 9.97. The second kappa shape index (κ2) is 10.1. The van der Waals surface area contributed by atoms with Gasteiger partial charge >= 0.3 is 0 Å². The summed E-state index contributed by atoms with van der Waals surface area (Å²) in [5, 5.41) is 0. The van der Waals surface area contributed by atoms with Gasteiger partial charge in [0.2, 0.25) is 0 Å². The molecule has 18 heavy (non-hydrogen) atoms. The van der Waals surface area contributed by atoms with Gasteiger partial charge in [0.05, 0.1) is 0 Å². The van der Waals surface area contributed by atoms with Gasteiger partial charge in [-0.15, -0.1) is 0 Å². The maximum atomic E-state index is 4.14. The van der Waals surface area contributed by atoms with Gasteiger partial charge in [-0.3, -0.25) is 0 Å². The van der Waals surface area contributed by atoms with Gasteiger partial charge in [0.15, 0.2) is 0 Å². The van der Waals surface area contributed by atoms with Crippen molar-refractivity contribution in [3.8, 4) is 0 Å². The van der Waals surface area contributed by atoms with Crippen molar-refractivity contribution in [2.45, 2.75) is 13.8 Å². The smallest absolute Gasteiger partial charge is 0.0184 e. The summed E-state index contributed by atoms with van der Waals surface area (Å²) in [4.78, 5) is 0. The quantitative estimate of drug-likeness (QED) is 0.515. The van der Waals surface area contributed by atoms with E-state index < -0.39 is 0 Å². The predicted octanol–water partition coefficient (Wildman–Crippen LogP) is 5.48. The maximum absolute atomic E-state index is 4.14. The molecule has 0 aliphatic heterocycles. The Morgan fingerprint density at radius 1 is 0.778 bits per heavy atom. The average Bonchev–Trinajstić information content (AvgIpc) is 2.38. The van der Waals surface area contributed by atoms with Crippen LogP contribution in [0.5, 0.6) is 0 Å². The molecule has 0 aliphatic carbocycles. The van der Waals surface area contributed by atoms with Gasteiger partial charge in [-0.05, 0) is 30.6 Å². The standard InChI is InChI=1S/C18H22/c1-6-10-14-17(12-8-3)16(5)18(13-9-4)15-11-7-2/h6-15H,1,3,5H2,2,4H3/b11-7-,13-9-,14-10-,17-12+,18-15+. The molecule has 0 atom stereocenters. The molecule has 0 radical (unpaired) electrons. The fraction of sp³-hybridized carbons (Fsp3) is 0.111. The first-order chi connectivity index (χ1) is 8.71. The first kappa shape index (κ1) is 15.9. The van der Waals surface area contributed by atoms with Crippen LogP contribution in [0.4, 0.5) is 0 Å². The minimum atomic E-state index is 0.962. The highest BCUT2D eigenvalue weighted by molar-refractivity contribution is 5.56. The minimum absolute atomic E-state index is 0.962. The third-order valence-corrected chi connectivity index (χ3v) is 2.22. The molecule has 0 aliphatic rings. The normalized spacial score (nSPS) is 13.7. The molecule has 0 heteroatoms. The molecule has 0 amide bonds. The summed E-state index contributed by atoms with van der Waals surface area (Å²) < 4.78 is 0. The maximum Gasteiger partial charge on any atom is -0.0184 e. The molecule has 0 fully saturated rings. The van der Waals surface area contributed by atoms with Crippen molar-refractivity contribution in [2.24, 2.45) is 0 Å². The Labute approximate surface area is 111 Å². The zero-order valence-corrected chi connectivity index (χ0v) is 11.4. The Kier molecular flexibility index (Phi) is 8.93. The van der Waals surface area contributed by atoms with Gasteiger partial charge in [-0.1, -0.05) is 80.5 Å². The monoisotopic (exact) mass is 238 g/mol. The number of hydrogen-bond acceptors (Lipinski definition) is 0. The summed E-state index contributed by atoms with van der Waals surface area (Å²) in [6.45, 7) is 15.5. The highest BCUT2D eigenvalue weighted by atomic mass is 14.1. The highest BCUT2D eigenvalue weighted by Crippen LogP contribution is 2.20. The van der Waals surface area contributed by atoms with Crippen LogP contribution in [0, 0.1) is 0 Å². The zero-order chi connectivity index (χ0) is 13.8. The molecule has 94 valence electrons. The Morgan fingerprint density at radius 2 is 1.44 bits per heavy atom. The summed E-state index contributed by atoms with van der Waals surface area (Å²) in [6.07, 6.45) is 19.4. The van der Waals surface area contributed by atoms with Crippen LogP contribution in [0.1, 0.15) is 13.8 Å². The van der Waals surface area contributed by atoms with Crippen molar-refractivity contribution in [1.82, 2.24) is 0 Å². The first-order valence-corrected chi connectivity index (χ1v) is 5.98. The van der Waals surface area contributed by atoms with Crippen molar-refractivity contribution in [1.29, 1.82) is 0 Å².